The molecule has 5 unspecified atom stereocenters. The Labute approximate surface area is 638 Å². The summed E-state index contributed by atoms with van der Waals surface area (Å²) in [5, 5.41) is 15.1. The number of pyridine rings is 3. The maximum atomic E-state index is 4.90. The monoisotopic (exact) mass is 1430 g/mol. The molecule has 8 aliphatic rings. The SMILES string of the molecule is C1=CC2C=Cc3c(c4c5cccc(N(C6=CC=CC7C8=C(C=CCC8)SC67)c6cccc7c8c(sc67)C=C(C6C=Cc7c6ccc6c7c7c9c(ccc7n6-c6cccc7ccncc67)C(N(c6cccc7ncccc67)c6cccc7ncccc67)=CCC9)CC8)c5ccc4n3-c3cccc4ccccc34)C2C=C1. The van der Waals surface area contributed by atoms with E-state index in [4.69, 9.17) is 15.0 Å². The fourth-order valence-electron chi connectivity index (χ4n) is 20.3. The van der Waals surface area contributed by atoms with Gasteiger partial charge in [-0.15, -0.1) is 23.1 Å². The van der Waals surface area contributed by atoms with Crippen LogP contribution in [0.5, 0.6) is 0 Å². The van der Waals surface area contributed by atoms with Gasteiger partial charge in [-0.25, -0.2) is 0 Å². The number of aromatic nitrogens is 5. The lowest BCUT2D eigenvalue weighted by molar-refractivity contribution is 0.694. The average molecular weight is 1430 g/mol. The van der Waals surface area contributed by atoms with Gasteiger partial charge in [-0.1, -0.05) is 182 Å². The van der Waals surface area contributed by atoms with Gasteiger partial charge in [0.15, 0.2) is 0 Å². The molecule has 16 aromatic rings. The minimum absolute atomic E-state index is 0.113. The van der Waals surface area contributed by atoms with Crippen LogP contribution in [0.25, 0.3) is 132 Å². The summed E-state index contributed by atoms with van der Waals surface area (Å²) in [6.07, 6.45) is 50.1. The van der Waals surface area contributed by atoms with Gasteiger partial charge in [0.05, 0.1) is 77.4 Å². The van der Waals surface area contributed by atoms with Crippen LogP contribution in [0, 0.1) is 11.8 Å². The van der Waals surface area contributed by atoms with Crippen LogP contribution in [0.15, 0.2) is 320 Å². The second-order valence-electron chi connectivity index (χ2n) is 30.4. The number of rotatable bonds is 9. The number of hydrogen-bond acceptors (Lipinski definition) is 7. The Balaban J connectivity index is 0.672. The highest BCUT2D eigenvalue weighted by Gasteiger charge is 2.42. The Morgan fingerprint density at radius 2 is 1.17 bits per heavy atom. The molecule has 0 saturated carbocycles. The number of fused-ring (bicyclic) bond motifs is 23. The van der Waals surface area contributed by atoms with Crippen LogP contribution in [0.4, 0.5) is 22.7 Å². The molecule has 0 amide bonds. The number of allylic oxidation sites excluding steroid dienone is 14. The second kappa shape index (κ2) is 24.1. The van der Waals surface area contributed by atoms with E-state index in [-0.39, 0.29) is 23.0 Å². The van der Waals surface area contributed by atoms with Gasteiger partial charge in [-0.2, -0.15) is 0 Å². The van der Waals surface area contributed by atoms with Gasteiger partial charge in [0.1, 0.15) is 0 Å². The fourth-order valence-corrected chi connectivity index (χ4v) is 23.2. The minimum atomic E-state index is 0.113. The molecule has 0 fully saturated rings. The van der Waals surface area contributed by atoms with E-state index in [1.165, 1.54) is 153 Å². The second-order valence-corrected chi connectivity index (χ2v) is 32.6. The first-order valence-corrected chi connectivity index (χ1v) is 40.2. The van der Waals surface area contributed by atoms with Crippen LogP contribution >= 0.6 is 23.1 Å². The highest BCUT2D eigenvalue weighted by molar-refractivity contribution is 8.04. The van der Waals surface area contributed by atoms with Crippen LogP contribution in [0.3, 0.4) is 0 Å². The molecule has 0 saturated heterocycles. The summed E-state index contributed by atoms with van der Waals surface area (Å²) in [6.45, 7) is 0. The Kier molecular flexibility index (Phi) is 13.6. The molecule has 24 rings (SSSR count). The maximum Gasteiger partial charge on any atom is 0.0723 e. The summed E-state index contributed by atoms with van der Waals surface area (Å²) in [7, 11) is 0. The summed E-state index contributed by atoms with van der Waals surface area (Å²) >= 11 is 4.08. The fraction of sp³-hybridized carbons (Fsp3) is 0.110. The van der Waals surface area contributed by atoms with E-state index in [0.29, 0.717) is 5.92 Å². The summed E-state index contributed by atoms with van der Waals surface area (Å²) < 4.78 is 6.46. The number of thioether (sulfide) groups is 1. The van der Waals surface area contributed by atoms with Crippen molar-refractivity contribution in [1.29, 1.82) is 0 Å². The van der Waals surface area contributed by atoms with Crippen LogP contribution in [-0.4, -0.2) is 29.3 Å². The smallest absolute Gasteiger partial charge is 0.0723 e. The molecule has 9 heteroatoms. The van der Waals surface area contributed by atoms with Gasteiger partial charge in [0.25, 0.3) is 0 Å². The first kappa shape index (κ1) is 61.7. The molecular weight excluding hydrogens is 1360 g/mol. The van der Waals surface area contributed by atoms with Crippen molar-refractivity contribution in [2.75, 3.05) is 9.80 Å². The van der Waals surface area contributed by atoms with Crippen molar-refractivity contribution in [2.24, 2.45) is 11.8 Å². The summed E-state index contributed by atoms with van der Waals surface area (Å²) in [4.78, 5) is 22.6. The van der Waals surface area contributed by atoms with Gasteiger partial charge in [-0.3, -0.25) is 15.0 Å². The van der Waals surface area contributed by atoms with E-state index >= 15 is 0 Å². The molecule has 0 N–H and O–H groups in total. The number of thiophene rings is 1. The lowest BCUT2D eigenvalue weighted by atomic mass is 9.78. The zero-order chi connectivity index (χ0) is 71.1. The number of hydrogen-bond donors (Lipinski definition) is 0. The van der Waals surface area contributed by atoms with Gasteiger partial charge in [-0.05, 0) is 209 Å². The van der Waals surface area contributed by atoms with Crippen LogP contribution < -0.4 is 9.80 Å². The van der Waals surface area contributed by atoms with Crippen LogP contribution in [0.1, 0.15) is 81.5 Å². The van der Waals surface area contributed by atoms with Crippen molar-refractivity contribution in [3.05, 3.63) is 364 Å². The van der Waals surface area contributed by atoms with Crippen molar-refractivity contribution in [3.63, 3.8) is 0 Å². The lowest BCUT2D eigenvalue weighted by Gasteiger charge is -2.36. The predicted molar refractivity (Wildman–Crippen MR) is 459 cm³/mol. The zero-order valence-electron chi connectivity index (χ0n) is 59.6. The normalized spacial score (nSPS) is 19.3. The number of nitrogens with zero attached hydrogens (tertiary/aromatic N) is 7. The summed E-state index contributed by atoms with van der Waals surface area (Å²) in [5.74, 6) is 0.918. The van der Waals surface area contributed by atoms with Gasteiger partial charge >= 0.3 is 0 Å². The zero-order valence-corrected chi connectivity index (χ0v) is 61.2. The van der Waals surface area contributed by atoms with Crippen molar-refractivity contribution in [1.82, 2.24) is 24.1 Å². The van der Waals surface area contributed by atoms with Gasteiger partial charge in [0.2, 0.25) is 0 Å². The minimum Gasteiger partial charge on any atom is -0.311 e. The number of anilines is 4. The van der Waals surface area contributed by atoms with Crippen molar-refractivity contribution < 1.29 is 0 Å². The first-order chi connectivity index (χ1) is 54.1. The highest BCUT2D eigenvalue weighted by atomic mass is 32.2. The third-order valence-corrected chi connectivity index (χ3v) is 27.6. The molecule has 1 aliphatic heterocycles. The van der Waals surface area contributed by atoms with Crippen LogP contribution in [0.2, 0.25) is 0 Å². The molecule has 7 aliphatic carbocycles. The molecule has 0 bridgehead atoms. The third kappa shape index (κ3) is 9.09. The van der Waals surface area contributed by atoms with E-state index in [9.17, 15) is 0 Å². The number of aryl methyl sites for hydroxylation is 2. The van der Waals surface area contributed by atoms with E-state index in [1.54, 1.807) is 5.57 Å². The Morgan fingerprint density at radius 3 is 2.04 bits per heavy atom. The molecule has 516 valence electrons. The van der Waals surface area contributed by atoms with Crippen LogP contribution in [-0.2, 0) is 12.8 Å². The first-order valence-electron chi connectivity index (χ1n) is 38.6. The Morgan fingerprint density at radius 1 is 0.468 bits per heavy atom. The number of benzene rings is 10. The van der Waals surface area contributed by atoms with E-state index in [0.717, 1.165) is 82.8 Å². The molecule has 5 atom stereocenters. The molecule has 0 radical (unpaired) electrons. The van der Waals surface area contributed by atoms with E-state index in [2.05, 4.69) is 322 Å². The topological polar surface area (TPSA) is 55.0 Å². The van der Waals surface area contributed by atoms with Gasteiger partial charge < -0.3 is 18.9 Å². The predicted octanol–water partition coefficient (Wildman–Crippen LogP) is 25.9. The summed E-state index contributed by atoms with van der Waals surface area (Å²) in [5.41, 5.74) is 27.6. The largest absolute Gasteiger partial charge is 0.311 e. The molecule has 7 nitrogen and oxygen atoms in total. The lowest BCUT2D eigenvalue weighted by Crippen LogP contribution is -2.29. The molecular formula is C100H69N7S2. The van der Waals surface area contributed by atoms with E-state index in [1.807, 2.05) is 36.1 Å². The van der Waals surface area contributed by atoms with Crippen molar-refractivity contribution in [2.45, 2.75) is 55.6 Å². The standard InChI is InChI=1S/C100H69N7S2/c1-3-21-64-59(17-1)19-7-32-81(64)105-87-49-42-60-18-2-4-22-65(60)95(87)96-71-24-10-35-83(68(71)48-51-89(96)105)107(91-38-11-26-74-69-23-5-6-40-93(69)108-99(74)91)92-39-12-27-75-70-43-41-62(57-94(70)109-100(75)92)63-44-45-73-66(63)46-50-88-98(73)97-72-25-9-34-82(67(72)47-52-90(97)106(88)86-33-8-20-61-53-56-101-58-78(61)86)104(84-36-13-30-79-76(84)28-15-54-102-79)85-37-14-31-80-77(85)29-16-55-103-80/h1-4,6-8,10-22,24,26-40,42,44-58,60,63,65,74,99H,5,9,23,25,41,43H2. The summed E-state index contributed by atoms with van der Waals surface area (Å²) in [6, 6.07) is 75.2. The molecule has 109 heavy (non-hydrogen) atoms. The molecule has 7 heterocycles. The Hall–Kier alpha value is -12.4. The van der Waals surface area contributed by atoms with E-state index < -0.39 is 0 Å². The van der Waals surface area contributed by atoms with Crippen molar-refractivity contribution in [3.8, 4) is 11.4 Å². The van der Waals surface area contributed by atoms with Crippen molar-refractivity contribution >= 4 is 167 Å². The quantitative estimate of drug-likeness (QED) is 0.144. The third-order valence-electron chi connectivity index (χ3n) is 25.0. The highest BCUT2D eigenvalue weighted by Crippen LogP contribution is 2.58. The Bertz CT molecular complexity index is 6990. The maximum absolute atomic E-state index is 4.90. The molecule has 10 aromatic carbocycles. The van der Waals surface area contributed by atoms with Gasteiger partial charge in [0, 0.05) is 118 Å². The molecule has 0 spiro atoms. The average Bonchev–Trinajstić information content (AvgIpc) is 1.57. The molecule has 6 aromatic heterocycles.